The van der Waals surface area contributed by atoms with Gasteiger partial charge in [-0.25, -0.2) is 0 Å². The molecule has 0 unspecified atom stereocenters. The lowest BCUT2D eigenvalue weighted by Gasteiger charge is -1.91. The monoisotopic (exact) mass is 252 g/mol. The van der Waals surface area contributed by atoms with Gasteiger partial charge in [-0.15, -0.1) is 6.58 Å². The summed E-state index contributed by atoms with van der Waals surface area (Å²) in [4.78, 5) is 0. The van der Waals surface area contributed by atoms with Crippen molar-refractivity contribution in [3.05, 3.63) is 22.3 Å². The van der Waals surface area contributed by atoms with E-state index in [-0.39, 0.29) is 6.61 Å². The maximum absolute atomic E-state index is 8.60. The van der Waals surface area contributed by atoms with E-state index < -0.39 is 0 Å². The minimum Gasteiger partial charge on any atom is -0.391 e. The first-order valence-corrected chi connectivity index (χ1v) is 4.45. The van der Waals surface area contributed by atoms with Gasteiger partial charge in [0.25, 0.3) is 0 Å². The van der Waals surface area contributed by atoms with Gasteiger partial charge in [0, 0.05) is 3.58 Å². The molecule has 10 heavy (non-hydrogen) atoms. The smallest absolute Gasteiger partial charge is 0.0735 e. The van der Waals surface area contributed by atoms with Gasteiger partial charge in [-0.05, 0) is 41.9 Å². The van der Waals surface area contributed by atoms with Crippen molar-refractivity contribution in [1.29, 1.82) is 0 Å². The van der Waals surface area contributed by atoms with Crippen LogP contribution in [0.1, 0.15) is 19.3 Å². The Balaban J connectivity index is 3.24. The third-order valence-corrected chi connectivity index (χ3v) is 1.91. The molecule has 0 aliphatic heterocycles. The molecule has 0 aromatic rings. The van der Waals surface area contributed by atoms with E-state index in [4.69, 9.17) is 5.11 Å². The lowest BCUT2D eigenvalue weighted by atomic mass is 10.2. The first-order valence-electron chi connectivity index (χ1n) is 3.37. The van der Waals surface area contributed by atoms with Crippen LogP contribution >= 0.6 is 22.6 Å². The van der Waals surface area contributed by atoms with E-state index in [0.717, 1.165) is 22.8 Å². The summed E-state index contributed by atoms with van der Waals surface area (Å²) in [5, 5.41) is 8.60. The first-order chi connectivity index (χ1) is 4.81. The lowest BCUT2D eigenvalue weighted by molar-refractivity contribution is 0.341. The SMILES string of the molecule is C=CCCC/C=C(\I)CO. The third-order valence-electron chi connectivity index (χ3n) is 1.13. The summed E-state index contributed by atoms with van der Waals surface area (Å²) in [6.45, 7) is 3.80. The molecule has 1 nitrogen and oxygen atoms in total. The van der Waals surface area contributed by atoms with Crippen molar-refractivity contribution in [2.45, 2.75) is 19.3 Å². The molecule has 0 aliphatic carbocycles. The number of allylic oxidation sites excluding steroid dienone is 2. The second-order valence-corrected chi connectivity index (χ2v) is 3.41. The van der Waals surface area contributed by atoms with Crippen LogP contribution in [-0.2, 0) is 0 Å². The predicted octanol–water partition coefficient (Wildman–Crippen LogP) is 2.65. The number of unbranched alkanes of at least 4 members (excludes halogenated alkanes) is 2. The minimum atomic E-state index is 0.175. The molecule has 0 saturated carbocycles. The number of aliphatic hydroxyl groups excluding tert-OH is 1. The van der Waals surface area contributed by atoms with Gasteiger partial charge in [-0.1, -0.05) is 12.2 Å². The van der Waals surface area contributed by atoms with Crippen LogP contribution in [-0.4, -0.2) is 11.7 Å². The predicted molar refractivity (Wildman–Crippen MR) is 53.2 cm³/mol. The number of aliphatic hydroxyl groups is 1. The molecule has 0 radical (unpaired) electrons. The summed E-state index contributed by atoms with van der Waals surface area (Å²) in [5.74, 6) is 0. The molecule has 0 saturated heterocycles. The topological polar surface area (TPSA) is 20.2 Å². The number of rotatable bonds is 5. The molecule has 0 aromatic heterocycles. The van der Waals surface area contributed by atoms with Crippen molar-refractivity contribution in [2.24, 2.45) is 0 Å². The summed E-state index contributed by atoms with van der Waals surface area (Å²) in [7, 11) is 0. The van der Waals surface area contributed by atoms with E-state index >= 15 is 0 Å². The van der Waals surface area contributed by atoms with Crippen molar-refractivity contribution < 1.29 is 5.11 Å². The Labute approximate surface area is 76.0 Å². The molecule has 0 bridgehead atoms. The molecular weight excluding hydrogens is 239 g/mol. The number of hydrogen-bond acceptors (Lipinski definition) is 1. The highest BCUT2D eigenvalue weighted by atomic mass is 127. The molecule has 0 amide bonds. The van der Waals surface area contributed by atoms with Crippen LogP contribution in [0.3, 0.4) is 0 Å². The minimum absolute atomic E-state index is 0.175. The second kappa shape index (κ2) is 7.28. The highest BCUT2D eigenvalue weighted by Gasteiger charge is 1.85. The van der Waals surface area contributed by atoms with Crippen LogP contribution in [0.15, 0.2) is 22.3 Å². The molecule has 0 atom stereocenters. The second-order valence-electron chi connectivity index (χ2n) is 2.03. The van der Waals surface area contributed by atoms with Gasteiger partial charge in [0.15, 0.2) is 0 Å². The highest BCUT2D eigenvalue weighted by Crippen LogP contribution is 2.07. The normalized spacial score (nSPS) is 11.6. The number of hydrogen-bond donors (Lipinski definition) is 1. The van der Waals surface area contributed by atoms with E-state index in [9.17, 15) is 0 Å². The maximum Gasteiger partial charge on any atom is 0.0735 e. The van der Waals surface area contributed by atoms with Crippen molar-refractivity contribution >= 4 is 22.6 Å². The molecule has 0 aliphatic rings. The maximum atomic E-state index is 8.60. The third kappa shape index (κ3) is 6.29. The quantitative estimate of drug-likeness (QED) is 0.453. The van der Waals surface area contributed by atoms with E-state index in [1.54, 1.807) is 0 Å². The Morgan fingerprint density at radius 2 is 2.20 bits per heavy atom. The average molecular weight is 252 g/mol. The molecule has 0 spiro atoms. The van der Waals surface area contributed by atoms with Crippen LogP contribution in [0.2, 0.25) is 0 Å². The first kappa shape index (κ1) is 10.2. The Morgan fingerprint density at radius 3 is 2.70 bits per heavy atom. The molecule has 2 heteroatoms. The van der Waals surface area contributed by atoms with Gasteiger partial charge in [-0.2, -0.15) is 0 Å². The molecular formula is C8H13IO. The molecule has 58 valence electrons. The fourth-order valence-electron chi connectivity index (χ4n) is 0.585. The molecule has 0 aromatic carbocycles. The average Bonchev–Trinajstić information content (AvgIpc) is 1.98. The Morgan fingerprint density at radius 1 is 1.50 bits per heavy atom. The fourth-order valence-corrected chi connectivity index (χ4v) is 0.897. The van der Waals surface area contributed by atoms with Crippen LogP contribution in [0, 0.1) is 0 Å². The van der Waals surface area contributed by atoms with Crippen molar-refractivity contribution in [3.63, 3.8) is 0 Å². The fraction of sp³-hybridized carbons (Fsp3) is 0.500. The van der Waals surface area contributed by atoms with Gasteiger partial charge in [0.05, 0.1) is 6.61 Å². The Bertz CT molecular complexity index is 118. The van der Waals surface area contributed by atoms with Crippen LogP contribution < -0.4 is 0 Å². The standard InChI is InChI=1S/C8H13IO/c1-2-3-4-5-6-8(9)7-10/h2,6,10H,1,3-5,7H2/b8-6-. The zero-order valence-electron chi connectivity index (χ0n) is 6.02. The zero-order chi connectivity index (χ0) is 7.82. The summed E-state index contributed by atoms with van der Waals surface area (Å²) < 4.78 is 1.03. The Hall–Kier alpha value is 0.170. The summed E-state index contributed by atoms with van der Waals surface area (Å²) in [6.07, 6.45) is 7.22. The van der Waals surface area contributed by atoms with Crippen LogP contribution in [0.4, 0.5) is 0 Å². The van der Waals surface area contributed by atoms with Gasteiger partial charge >= 0.3 is 0 Å². The number of halogens is 1. The molecule has 0 fully saturated rings. The largest absolute Gasteiger partial charge is 0.391 e. The van der Waals surface area contributed by atoms with E-state index in [1.807, 2.05) is 6.08 Å². The van der Waals surface area contributed by atoms with E-state index in [2.05, 4.69) is 35.2 Å². The van der Waals surface area contributed by atoms with Gasteiger partial charge in [0.2, 0.25) is 0 Å². The highest BCUT2D eigenvalue weighted by molar-refractivity contribution is 14.1. The van der Waals surface area contributed by atoms with E-state index in [0.29, 0.717) is 0 Å². The van der Waals surface area contributed by atoms with Crippen molar-refractivity contribution in [1.82, 2.24) is 0 Å². The van der Waals surface area contributed by atoms with Crippen molar-refractivity contribution in [2.75, 3.05) is 6.61 Å². The van der Waals surface area contributed by atoms with Crippen molar-refractivity contribution in [3.8, 4) is 0 Å². The van der Waals surface area contributed by atoms with Crippen LogP contribution in [0.5, 0.6) is 0 Å². The molecule has 0 heterocycles. The lowest BCUT2D eigenvalue weighted by Crippen LogP contribution is -1.79. The van der Waals surface area contributed by atoms with E-state index in [1.165, 1.54) is 0 Å². The Kier molecular flexibility index (Phi) is 7.40. The molecule has 0 rings (SSSR count). The van der Waals surface area contributed by atoms with Gasteiger partial charge < -0.3 is 5.11 Å². The summed E-state index contributed by atoms with van der Waals surface area (Å²) in [5.41, 5.74) is 0. The zero-order valence-corrected chi connectivity index (χ0v) is 8.17. The van der Waals surface area contributed by atoms with Crippen LogP contribution in [0.25, 0.3) is 0 Å². The summed E-state index contributed by atoms with van der Waals surface area (Å²) >= 11 is 2.14. The molecule has 1 N–H and O–H groups in total. The van der Waals surface area contributed by atoms with Gasteiger partial charge in [0.1, 0.15) is 0 Å². The summed E-state index contributed by atoms with van der Waals surface area (Å²) in [6, 6.07) is 0. The van der Waals surface area contributed by atoms with Gasteiger partial charge in [-0.3, -0.25) is 0 Å².